The molecule has 2 amide bonds. The number of carbonyl (C=O) groups excluding carboxylic acids is 2. The Hall–Kier alpha value is -1.96. The van der Waals surface area contributed by atoms with Crippen molar-refractivity contribution in [3.05, 3.63) is 35.9 Å². The van der Waals surface area contributed by atoms with Crippen LogP contribution >= 0.6 is 0 Å². The van der Waals surface area contributed by atoms with Crippen LogP contribution < -0.4 is 5.73 Å². The van der Waals surface area contributed by atoms with E-state index in [4.69, 9.17) is 10.5 Å². The minimum atomic E-state index is -0.515. The molecule has 0 bridgehead atoms. The molecular formula is C19H28N4O3. The summed E-state index contributed by atoms with van der Waals surface area (Å²) in [6.45, 7) is 5.66. The van der Waals surface area contributed by atoms with Crippen molar-refractivity contribution in [2.45, 2.75) is 12.5 Å². The van der Waals surface area contributed by atoms with E-state index >= 15 is 0 Å². The van der Waals surface area contributed by atoms with Gasteiger partial charge in [-0.2, -0.15) is 0 Å². The highest BCUT2D eigenvalue weighted by atomic mass is 16.5. The molecule has 0 aromatic heterocycles. The van der Waals surface area contributed by atoms with Gasteiger partial charge in [-0.15, -0.1) is 0 Å². The van der Waals surface area contributed by atoms with Gasteiger partial charge in [-0.1, -0.05) is 30.3 Å². The van der Waals surface area contributed by atoms with Gasteiger partial charge in [0.1, 0.15) is 0 Å². The van der Waals surface area contributed by atoms with Crippen LogP contribution in [-0.2, 0) is 20.7 Å². The quantitative estimate of drug-likeness (QED) is 0.770. The van der Waals surface area contributed by atoms with E-state index < -0.39 is 6.04 Å². The topological polar surface area (TPSA) is 79.1 Å². The first-order valence-electron chi connectivity index (χ1n) is 9.29. The van der Waals surface area contributed by atoms with E-state index in [1.807, 2.05) is 40.1 Å². The first-order chi connectivity index (χ1) is 12.6. The van der Waals surface area contributed by atoms with Crippen LogP contribution in [0.4, 0.5) is 0 Å². The van der Waals surface area contributed by atoms with Crippen molar-refractivity contribution in [2.75, 3.05) is 59.0 Å². The van der Waals surface area contributed by atoms with Crippen LogP contribution in [0.1, 0.15) is 5.56 Å². The monoisotopic (exact) mass is 360 g/mol. The minimum Gasteiger partial charge on any atom is -0.378 e. The summed E-state index contributed by atoms with van der Waals surface area (Å²) in [5, 5.41) is 0. The molecule has 1 unspecified atom stereocenters. The number of hydrogen-bond acceptors (Lipinski definition) is 5. The maximum atomic E-state index is 12.6. The molecule has 2 fully saturated rings. The fourth-order valence-electron chi connectivity index (χ4n) is 3.42. The molecule has 2 saturated heterocycles. The third-order valence-corrected chi connectivity index (χ3v) is 5.02. The average Bonchev–Trinajstić information content (AvgIpc) is 2.69. The van der Waals surface area contributed by atoms with Crippen LogP contribution in [-0.4, -0.2) is 91.6 Å². The van der Waals surface area contributed by atoms with Crippen molar-refractivity contribution in [1.29, 1.82) is 0 Å². The van der Waals surface area contributed by atoms with Crippen LogP contribution in [0.2, 0.25) is 0 Å². The van der Waals surface area contributed by atoms with Gasteiger partial charge in [0.05, 0.1) is 25.8 Å². The molecule has 0 radical (unpaired) electrons. The molecule has 2 aliphatic heterocycles. The molecule has 0 saturated carbocycles. The van der Waals surface area contributed by atoms with E-state index in [-0.39, 0.29) is 11.8 Å². The third kappa shape index (κ3) is 5.03. The molecule has 2 aliphatic rings. The van der Waals surface area contributed by atoms with Crippen molar-refractivity contribution < 1.29 is 14.3 Å². The number of nitrogens with two attached hydrogens (primary N) is 1. The van der Waals surface area contributed by atoms with Gasteiger partial charge in [0.25, 0.3) is 0 Å². The number of benzene rings is 1. The Morgan fingerprint density at radius 2 is 1.62 bits per heavy atom. The lowest BCUT2D eigenvalue weighted by Gasteiger charge is -2.36. The van der Waals surface area contributed by atoms with Gasteiger partial charge in [-0.25, -0.2) is 0 Å². The highest BCUT2D eigenvalue weighted by Crippen LogP contribution is 2.08. The fraction of sp³-hybridized carbons (Fsp3) is 0.579. The van der Waals surface area contributed by atoms with E-state index in [1.54, 1.807) is 0 Å². The van der Waals surface area contributed by atoms with E-state index in [9.17, 15) is 9.59 Å². The Morgan fingerprint density at radius 3 is 2.27 bits per heavy atom. The summed E-state index contributed by atoms with van der Waals surface area (Å²) in [5.74, 6) is 0.141. The van der Waals surface area contributed by atoms with Gasteiger partial charge in [-0.05, 0) is 12.0 Å². The first kappa shape index (κ1) is 18.8. The third-order valence-electron chi connectivity index (χ3n) is 5.02. The molecular weight excluding hydrogens is 332 g/mol. The van der Waals surface area contributed by atoms with E-state index in [0.717, 1.165) is 5.56 Å². The number of morpholine rings is 1. The van der Waals surface area contributed by atoms with Gasteiger partial charge in [0, 0.05) is 39.3 Å². The van der Waals surface area contributed by atoms with Crippen molar-refractivity contribution in [2.24, 2.45) is 5.73 Å². The zero-order chi connectivity index (χ0) is 18.4. The second-order valence-electron chi connectivity index (χ2n) is 6.89. The minimum absolute atomic E-state index is 0.00647. The van der Waals surface area contributed by atoms with Gasteiger partial charge < -0.3 is 20.3 Å². The summed E-state index contributed by atoms with van der Waals surface area (Å²) < 4.78 is 5.28. The van der Waals surface area contributed by atoms with Crippen molar-refractivity contribution in [3.8, 4) is 0 Å². The number of rotatable bonds is 5. The molecule has 7 heteroatoms. The Morgan fingerprint density at radius 1 is 0.962 bits per heavy atom. The number of piperazine rings is 1. The molecule has 2 N–H and O–H groups in total. The Labute approximate surface area is 154 Å². The molecule has 1 aromatic carbocycles. The largest absolute Gasteiger partial charge is 0.378 e. The maximum absolute atomic E-state index is 12.6. The molecule has 7 nitrogen and oxygen atoms in total. The summed E-state index contributed by atoms with van der Waals surface area (Å²) in [6, 6.07) is 9.32. The average molecular weight is 360 g/mol. The summed E-state index contributed by atoms with van der Waals surface area (Å²) >= 11 is 0. The molecule has 2 heterocycles. The predicted octanol–water partition coefficient (Wildman–Crippen LogP) is -0.441. The SMILES string of the molecule is NC(Cc1ccccc1)C(=O)N1CCN(CC(=O)N2CCOCC2)CC1. The van der Waals surface area contributed by atoms with Gasteiger partial charge in [0.15, 0.2) is 0 Å². The van der Waals surface area contributed by atoms with Crippen molar-refractivity contribution in [3.63, 3.8) is 0 Å². The van der Waals surface area contributed by atoms with E-state index in [1.165, 1.54) is 0 Å². The summed E-state index contributed by atoms with van der Waals surface area (Å²) in [5.41, 5.74) is 7.19. The maximum Gasteiger partial charge on any atom is 0.239 e. The molecule has 0 spiro atoms. The second-order valence-corrected chi connectivity index (χ2v) is 6.89. The smallest absolute Gasteiger partial charge is 0.239 e. The predicted molar refractivity (Wildman–Crippen MR) is 98.5 cm³/mol. The van der Waals surface area contributed by atoms with Gasteiger partial charge in [-0.3, -0.25) is 14.5 Å². The normalized spacial score (nSPS) is 20.0. The lowest BCUT2D eigenvalue weighted by molar-refractivity contribution is -0.138. The molecule has 26 heavy (non-hydrogen) atoms. The van der Waals surface area contributed by atoms with Crippen molar-refractivity contribution in [1.82, 2.24) is 14.7 Å². The summed E-state index contributed by atoms with van der Waals surface area (Å²) in [4.78, 5) is 30.7. The number of amides is 2. The van der Waals surface area contributed by atoms with Crippen LogP contribution in [0.3, 0.4) is 0 Å². The molecule has 1 aromatic rings. The lowest BCUT2D eigenvalue weighted by atomic mass is 10.1. The number of hydrogen-bond donors (Lipinski definition) is 1. The van der Waals surface area contributed by atoms with E-state index in [0.29, 0.717) is 65.4 Å². The van der Waals surface area contributed by atoms with Gasteiger partial charge in [0.2, 0.25) is 11.8 Å². The van der Waals surface area contributed by atoms with Crippen LogP contribution in [0.5, 0.6) is 0 Å². The Bertz CT molecular complexity index is 596. The Balaban J connectivity index is 1.42. The zero-order valence-corrected chi connectivity index (χ0v) is 15.2. The second kappa shape index (κ2) is 9.12. The van der Waals surface area contributed by atoms with Crippen LogP contribution in [0.25, 0.3) is 0 Å². The van der Waals surface area contributed by atoms with Crippen LogP contribution in [0, 0.1) is 0 Å². The lowest BCUT2D eigenvalue weighted by Crippen LogP contribution is -2.55. The first-order valence-corrected chi connectivity index (χ1v) is 9.29. The summed E-state index contributed by atoms with van der Waals surface area (Å²) in [6.07, 6.45) is 0.551. The Kier molecular flexibility index (Phi) is 6.60. The highest BCUT2D eigenvalue weighted by molar-refractivity contribution is 5.82. The number of ether oxygens (including phenoxy) is 1. The molecule has 142 valence electrons. The molecule has 0 aliphatic carbocycles. The number of carbonyl (C=O) groups is 2. The van der Waals surface area contributed by atoms with Crippen molar-refractivity contribution >= 4 is 11.8 Å². The standard InChI is InChI=1S/C19H28N4O3/c20-17(14-16-4-2-1-3-5-16)19(25)23-8-6-21(7-9-23)15-18(24)22-10-12-26-13-11-22/h1-5,17H,6-15,20H2. The highest BCUT2D eigenvalue weighted by Gasteiger charge is 2.27. The molecule has 3 rings (SSSR count). The molecule has 1 atom stereocenters. The van der Waals surface area contributed by atoms with Gasteiger partial charge >= 0.3 is 0 Å². The summed E-state index contributed by atoms with van der Waals surface area (Å²) in [7, 11) is 0. The number of nitrogens with zero attached hydrogens (tertiary/aromatic N) is 3. The fourth-order valence-corrected chi connectivity index (χ4v) is 3.42. The zero-order valence-electron chi connectivity index (χ0n) is 15.2. The van der Waals surface area contributed by atoms with E-state index in [2.05, 4.69) is 4.90 Å². The van der Waals surface area contributed by atoms with Crippen LogP contribution in [0.15, 0.2) is 30.3 Å².